The minimum absolute atomic E-state index is 0.251. The van der Waals surface area contributed by atoms with Gasteiger partial charge in [-0.05, 0) is 18.6 Å². The van der Waals surface area contributed by atoms with Gasteiger partial charge in [0, 0.05) is 13.0 Å². The Morgan fingerprint density at radius 1 is 1.33 bits per heavy atom. The van der Waals surface area contributed by atoms with Gasteiger partial charge in [0.15, 0.2) is 11.5 Å². The van der Waals surface area contributed by atoms with Crippen LogP contribution in [-0.4, -0.2) is 4.98 Å². The van der Waals surface area contributed by atoms with Gasteiger partial charge in [0.25, 0.3) is 0 Å². The molecule has 2 aromatic rings. The Morgan fingerprint density at radius 2 is 2.08 bits per heavy atom. The summed E-state index contributed by atoms with van der Waals surface area (Å²) in [7, 11) is 0. The Morgan fingerprint density at radius 3 is 2.83 bits per heavy atom. The molecule has 0 unspecified atom stereocenters. The van der Waals surface area contributed by atoms with E-state index in [-0.39, 0.29) is 5.82 Å². The van der Waals surface area contributed by atoms with Gasteiger partial charge in [0.05, 0.1) is 0 Å². The Kier molecular flexibility index (Phi) is 1.40. The summed E-state index contributed by atoms with van der Waals surface area (Å²) in [6.07, 6.45) is 0. The van der Waals surface area contributed by atoms with Gasteiger partial charge in [-0.15, -0.1) is 0 Å². The zero-order chi connectivity index (χ0) is 8.72. The van der Waals surface area contributed by atoms with Gasteiger partial charge in [-0.2, -0.15) is 0 Å². The molecule has 0 saturated carbocycles. The van der Waals surface area contributed by atoms with E-state index in [1.165, 1.54) is 6.07 Å². The number of oxazole rings is 1. The zero-order valence-electron chi connectivity index (χ0n) is 6.89. The van der Waals surface area contributed by atoms with Crippen molar-refractivity contribution < 1.29 is 8.81 Å². The van der Waals surface area contributed by atoms with Crippen molar-refractivity contribution in [3.05, 3.63) is 29.4 Å². The third-order valence-corrected chi connectivity index (χ3v) is 1.78. The molecule has 0 aliphatic rings. The lowest BCUT2D eigenvalue weighted by Crippen LogP contribution is -1.80. The van der Waals surface area contributed by atoms with Crippen LogP contribution in [-0.2, 0) is 0 Å². The van der Waals surface area contributed by atoms with E-state index in [2.05, 4.69) is 4.98 Å². The summed E-state index contributed by atoms with van der Waals surface area (Å²) in [5, 5.41) is 0. The molecule has 0 amide bonds. The van der Waals surface area contributed by atoms with Crippen LogP contribution in [0, 0.1) is 19.7 Å². The summed E-state index contributed by atoms with van der Waals surface area (Å²) in [5.74, 6) is 0.314. The van der Waals surface area contributed by atoms with Crippen LogP contribution in [0.15, 0.2) is 16.5 Å². The predicted molar refractivity (Wildman–Crippen MR) is 43.4 cm³/mol. The highest BCUT2D eigenvalue weighted by Crippen LogP contribution is 2.18. The van der Waals surface area contributed by atoms with Gasteiger partial charge in [0.1, 0.15) is 11.3 Å². The van der Waals surface area contributed by atoms with Gasteiger partial charge in [0.2, 0.25) is 0 Å². The predicted octanol–water partition coefficient (Wildman–Crippen LogP) is 2.58. The summed E-state index contributed by atoms with van der Waals surface area (Å²) < 4.78 is 18.1. The topological polar surface area (TPSA) is 26.0 Å². The minimum Gasteiger partial charge on any atom is -0.441 e. The summed E-state index contributed by atoms with van der Waals surface area (Å²) in [5.41, 5.74) is 1.82. The van der Waals surface area contributed by atoms with Gasteiger partial charge >= 0.3 is 0 Å². The lowest BCUT2D eigenvalue weighted by molar-refractivity contribution is 0.555. The van der Waals surface area contributed by atoms with Gasteiger partial charge in [-0.1, -0.05) is 0 Å². The zero-order valence-corrected chi connectivity index (χ0v) is 6.89. The van der Waals surface area contributed by atoms with Crippen molar-refractivity contribution in [2.75, 3.05) is 0 Å². The number of aromatic nitrogens is 1. The molecule has 0 bridgehead atoms. The second kappa shape index (κ2) is 2.30. The molecule has 0 radical (unpaired) electrons. The van der Waals surface area contributed by atoms with E-state index in [4.69, 9.17) is 4.42 Å². The Balaban J connectivity index is 2.83. The Labute approximate surface area is 69.0 Å². The summed E-state index contributed by atoms with van der Waals surface area (Å²) in [6.45, 7) is 3.45. The molecule has 0 aliphatic heterocycles. The Bertz CT molecular complexity index is 394. The molecule has 1 heterocycles. The standard InChI is InChI=1S/C9H8FNO/c1-5-3-8-9(4-7(5)10)12-6(2)11-8/h3-4H,1-2H3. The van der Waals surface area contributed by atoms with E-state index in [0.29, 0.717) is 22.6 Å². The van der Waals surface area contributed by atoms with E-state index in [0.717, 1.165) is 0 Å². The normalized spacial score (nSPS) is 10.9. The first-order valence-electron chi connectivity index (χ1n) is 3.70. The van der Waals surface area contributed by atoms with Crippen molar-refractivity contribution in [2.45, 2.75) is 13.8 Å². The number of halogens is 1. The molecule has 0 aliphatic carbocycles. The number of aryl methyl sites for hydroxylation is 2. The fourth-order valence-corrected chi connectivity index (χ4v) is 1.17. The first-order chi connectivity index (χ1) is 5.66. The molecule has 3 heteroatoms. The van der Waals surface area contributed by atoms with Gasteiger partial charge in [-0.3, -0.25) is 0 Å². The van der Waals surface area contributed by atoms with Crippen LogP contribution in [0.1, 0.15) is 11.5 Å². The molecule has 62 valence electrons. The maximum absolute atomic E-state index is 13.0. The molecule has 0 N–H and O–H groups in total. The van der Waals surface area contributed by atoms with Crippen molar-refractivity contribution in [1.82, 2.24) is 4.98 Å². The first-order valence-corrected chi connectivity index (χ1v) is 3.70. The lowest BCUT2D eigenvalue weighted by Gasteiger charge is -1.92. The van der Waals surface area contributed by atoms with Gasteiger partial charge < -0.3 is 4.42 Å². The third-order valence-electron chi connectivity index (χ3n) is 1.78. The molecule has 1 aromatic carbocycles. The second-order valence-electron chi connectivity index (χ2n) is 2.80. The van der Waals surface area contributed by atoms with Crippen molar-refractivity contribution >= 4 is 11.1 Å². The van der Waals surface area contributed by atoms with Gasteiger partial charge in [-0.25, -0.2) is 9.37 Å². The number of benzene rings is 1. The van der Waals surface area contributed by atoms with Crippen molar-refractivity contribution in [1.29, 1.82) is 0 Å². The number of nitrogens with zero attached hydrogens (tertiary/aromatic N) is 1. The molecule has 0 saturated heterocycles. The van der Waals surface area contributed by atoms with E-state index in [1.807, 2.05) is 0 Å². The second-order valence-corrected chi connectivity index (χ2v) is 2.80. The van der Waals surface area contributed by atoms with Crippen molar-refractivity contribution in [3.8, 4) is 0 Å². The fourth-order valence-electron chi connectivity index (χ4n) is 1.17. The molecule has 1 aromatic heterocycles. The fraction of sp³-hybridized carbons (Fsp3) is 0.222. The number of hydrogen-bond donors (Lipinski definition) is 0. The molecule has 2 nitrogen and oxygen atoms in total. The largest absolute Gasteiger partial charge is 0.441 e. The van der Waals surface area contributed by atoms with Crippen LogP contribution in [0.4, 0.5) is 4.39 Å². The van der Waals surface area contributed by atoms with E-state index >= 15 is 0 Å². The highest BCUT2D eigenvalue weighted by atomic mass is 19.1. The first kappa shape index (κ1) is 7.28. The maximum atomic E-state index is 13.0. The summed E-state index contributed by atoms with van der Waals surface area (Å²) in [6, 6.07) is 3.05. The molecular formula is C9H8FNO. The third kappa shape index (κ3) is 0.978. The highest BCUT2D eigenvalue weighted by Gasteiger charge is 2.05. The average molecular weight is 165 g/mol. The molecule has 2 rings (SSSR count). The van der Waals surface area contributed by atoms with E-state index in [9.17, 15) is 4.39 Å². The minimum atomic E-state index is -0.251. The number of hydrogen-bond acceptors (Lipinski definition) is 2. The number of rotatable bonds is 0. The van der Waals surface area contributed by atoms with Crippen LogP contribution in [0.3, 0.4) is 0 Å². The molecular weight excluding hydrogens is 157 g/mol. The van der Waals surface area contributed by atoms with Crippen molar-refractivity contribution in [3.63, 3.8) is 0 Å². The maximum Gasteiger partial charge on any atom is 0.192 e. The van der Waals surface area contributed by atoms with E-state index < -0.39 is 0 Å². The van der Waals surface area contributed by atoms with Crippen LogP contribution < -0.4 is 0 Å². The molecule has 0 spiro atoms. The summed E-state index contributed by atoms with van der Waals surface area (Å²) >= 11 is 0. The monoisotopic (exact) mass is 165 g/mol. The molecule has 0 fully saturated rings. The van der Waals surface area contributed by atoms with Crippen molar-refractivity contribution in [2.24, 2.45) is 0 Å². The highest BCUT2D eigenvalue weighted by molar-refractivity contribution is 5.73. The smallest absolute Gasteiger partial charge is 0.192 e. The molecule has 0 atom stereocenters. The SMILES string of the molecule is Cc1nc2cc(C)c(F)cc2o1. The van der Waals surface area contributed by atoms with Crippen LogP contribution in [0.5, 0.6) is 0 Å². The average Bonchev–Trinajstić information content (AvgIpc) is 2.30. The molecule has 12 heavy (non-hydrogen) atoms. The van der Waals surface area contributed by atoms with Crippen LogP contribution in [0.25, 0.3) is 11.1 Å². The van der Waals surface area contributed by atoms with Crippen LogP contribution >= 0.6 is 0 Å². The quantitative estimate of drug-likeness (QED) is 0.599. The van der Waals surface area contributed by atoms with E-state index in [1.54, 1.807) is 19.9 Å². The summed E-state index contributed by atoms with van der Waals surface area (Å²) in [4.78, 5) is 4.08. The Hall–Kier alpha value is -1.38. The van der Waals surface area contributed by atoms with Crippen LogP contribution in [0.2, 0.25) is 0 Å². The number of fused-ring (bicyclic) bond motifs is 1. The lowest BCUT2D eigenvalue weighted by atomic mass is 10.2.